The van der Waals surface area contributed by atoms with Crippen molar-refractivity contribution < 1.29 is 19.7 Å². The first kappa shape index (κ1) is 11.5. The lowest BCUT2D eigenvalue weighted by atomic mass is 10.0. The third-order valence-corrected chi connectivity index (χ3v) is 2.17. The number of carbonyl (C=O) groups is 1. The van der Waals surface area contributed by atoms with Gasteiger partial charge in [-0.3, -0.25) is 4.79 Å². The standard InChI is InChI=1S/C11H14O4/c1-7-5-8(3-4-10(7)15-2)9(12)6-11(13)14/h3-5,9,12H,6H2,1-2H3,(H,13,14)/t9-/m0/s1. The van der Waals surface area contributed by atoms with Crippen molar-refractivity contribution >= 4 is 5.97 Å². The molecule has 0 spiro atoms. The minimum atomic E-state index is -1.02. The summed E-state index contributed by atoms with van der Waals surface area (Å²) in [4.78, 5) is 10.4. The molecular weight excluding hydrogens is 196 g/mol. The number of ether oxygens (including phenoxy) is 1. The second-order valence-electron chi connectivity index (χ2n) is 3.34. The topological polar surface area (TPSA) is 66.8 Å². The molecule has 0 fully saturated rings. The lowest BCUT2D eigenvalue weighted by Crippen LogP contribution is -2.05. The Morgan fingerprint density at radius 2 is 2.20 bits per heavy atom. The van der Waals surface area contributed by atoms with Gasteiger partial charge in [0.15, 0.2) is 0 Å². The van der Waals surface area contributed by atoms with E-state index in [9.17, 15) is 9.90 Å². The molecule has 0 bridgehead atoms. The van der Waals surface area contributed by atoms with E-state index >= 15 is 0 Å². The Morgan fingerprint density at radius 1 is 1.53 bits per heavy atom. The molecule has 82 valence electrons. The second-order valence-corrected chi connectivity index (χ2v) is 3.34. The van der Waals surface area contributed by atoms with Crippen LogP contribution >= 0.6 is 0 Å². The van der Waals surface area contributed by atoms with Crippen LogP contribution in [-0.4, -0.2) is 23.3 Å². The van der Waals surface area contributed by atoms with E-state index in [4.69, 9.17) is 9.84 Å². The van der Waals surface area contributed by atoms with Crippen molar-refractivity contribution in [3.05, 3.63) is 29.3 Å². The first-order valence-electron chi connectivity index (χ1n) is 4.59. The molecule has 1 aromatic carbocycles. The normalized spacial score (nSPS) is 12.2. The summed E-state index contributed by atoms with van der Waals surface area (Å²) in [6.07, 6.45) is -1.25. The zero-order chi connectivity index (χ0) is 11.4. The van der Waals surface area contributed by atoms with Crippen molar-refractivity contribution in [2.24, 2.45) is 0 Å². The number of hydrogen-bond acceptors (Lipinski definition) is 3. The van der Waals surface area contributed by atoms with Crippen LogP contribution < -0.4 is 4.74 Å². The van der Waals surface area contributed by atoms with Gasteiger partial charge in [0.1, 0.15) is 5.75 Å². The highest BCUT2D eigenvalue weighted by Gasteiger charge is 2.12. The van der Waals surface area contributed by atoms with E-state index < -0.39 is 12.1 Å². The molecule has 4 heteroatoms. The zero-order valence-electron chi connectivity index (χ0n) is 8.73. The predicted molar refractivity (Wildman–Crippen MR) is 54.9 cm³/mol. The molecule has 1 atom stereocenters. The molecule has 0 saturated heterocycles. The summed E-state index contributed by atoms with van der Waals surface area (Å²) >= 11 is 0. The number of carboxylic acid groups (broad SMARTS) is 1. The zero-order valence-corrected chi connectivity index (χ0v) is 8.73. The third kappa shape index (κ3) is 2.95. The van der Waals surface area contributed by atoms with Gasteiger partial charge in [0.05, 0.1) is 19.6 Å². The van der Waals surface area contributed by atoms with E-state index in [0.29, 0.717) is 5.56 Å². The summed E-state index contributed by atoms with van der Waals surface area (Å²) in [6, 6.07) is 5.11. The summed E-state index contributed by atoms with van der Waals surface area (Å²) in [5.41, 5.74) is 1.47. The van der Waals surface area contributed by atoms with Gasteiger partial charge in [-0.05, 0) is 30.2 Å². The lowest BCUT2D eigenvalue weighted by Gasteiger charge is -2.11. The Balaban J connectivity index is 2.87. The van der Waals surface area contributed by atoms with Crippen molar-refractivity contribution in [1.29, 1.82) is 0 Å². The Morgan fingerprint density at radius 3 is 2.67 bits per heavy atom. The van der Waals surface area contributed by atoms with E-state index in [-0.39, 0.29) is 6.42 Å². The SMILES string of the molecule is COc1ccc([C@@H](O)CC(=O)O)cc1C. The van der Waals surface area contributed by atoms with E-state index in [1.165, 1.54) is 0 Å². The van der Waals surface area contributed by atoms with Gasteiger partial charge in [0, 0.05) is 0 Å². The summed E-state index contributed by atoms with van der Waals surface area (Å²) in [5, 5.41) is 18.1. The van der Waals surface area contributed by atoms with Crippen LogP contribution in [0.3, 0.4) is 0 Å². The molecule has 0 aliphatic rings. The van der Waals surface area contributed by atoms with Gasteiger partial charge in [0.25, 0.3) is 0 Å². The van der Waals surface area contributed by atoms with E-state index in [0.717, 1.165) is 11.3 Å². The molecule has 0 aromatic heterocycles. The predicted octanol–water partition coefficient (Wildman–Crippen LogP) is 1.51. The third-order valence-electron chi connectivity index (χ3n) is 2.17. The van der Waals surface area contributed by atoms with Crippen LogP contribution in [0.4, 0.5) is 0 Å². The molecule has 0 aliphatic carbocycles. The molecule has 4 nitrogen and oxygen atoms in total. The maximum Gasteiger partial charge on any atom is 0.306 e. The minimum absolute atomic E-state index is 0.286. The van der Waals surface area contributed by atoms with Gasteiger partial charge in [-0.25, -0.2) is 0 Å². The number of rotatable bonds is 4. The largest absolute Gasteiger partial charge is 0.496 e. The number of benzene rings is 1. The van der Waals surface area contributed by atoms with Crippen LogP contribution in [0, 0.1) is 6.92 Å². The molecule has 1 aromatic rings. The fourth-order valence-electron chi connectivity index (χ4n) is 1.39. The second kappa shape index (κ2) is 4.79. The Bertz CT molecular complexity index is 360. The molecule has 1 rings (SSSR count). The summed E-state index contributed by atoms with van der Waals surface area (Å²) in [6.45, 7) is 1.84. The molecule has 2 N–H and O–H groups in total. The maximum atomic E-state index is 10.4. The summed E-state index contributed by atoms with van der Waals surface area (Å²) < 4.78 is 5.06. The van der Waals surface area contributed by atoms with Gasteiger partial charge < -0.3 is 14.9 Å². The van der Waals surface area contributed by atoms with Crippen molar-refractivity contribution in [2.45, 2.75) is 19.4 Å². The molecule has 0 amide bonds. The van der Waals surface area contributed by atoms with Crippen molar-refractivity contribution in [3.8, 4) is 5.75 Å². The number of aliphatic carboxylic acids is 1. The molecule has 0 aliphatic heterocycles. The number of methoxy groups -OCH3 is 1. The minimum Gasteiger partial charge on any atom is -0.496 e. The van der Waals surface area contributed by atoms with Gasteiger partial charge in [-0.15, -0.1) is 0 Å². The molecule has 0 radical (unpaired) electrons. The molecule has 0 unspecified atom stereocenters. The van der Waals surface area contributed by atoms with Crippen molar-refractivity contribution in [1.82, 2.24) is 0 Å². The molecular formula is C11H14O4. The van der Waals surface area contributed by atoms with Crippen LogP contribution in [-0.2, 0) is 4.79 Å². The van der Waals surface area contributed by atoms with Gasteiger partial charge in [0.2, 0.25) is 0 Å². The maximum absolute atomic E-state index is 10.4. The first-order chi connectivity index (χ1) is 7.04. The Labute approximate surface area is 88.1 Å². The summed E-state index contributed by atoms with van der Waals surface area (Å²) in [5.74, 6) is -0.294. The van der Waals surface area contributed by atoms with Crippen LogP contribution in [0.2, 0.25) is 0 Å². The monoisotopic (exact) mass is 210 g/mol. The number of aliphatic hydroxyl groups excluding tert-OH is 1. The number of aryl methyl sites for hydroxylation is 1. The number of aliphatic hydroxyl groups is 1. The van der Waals surface area contributed by atoms with Gasteiger partial charge >= 0.3 is 5.97 Å². The fraction of sp³-hybridized carbons (Fsp3) is 0.364. The van der Waals surface area contributed by atoms with E-state index in [2.05, 4.69) is 0 Å². The highest BCUT2D eigenvalue weighted by atomic mass is 16.5. The molecule has 0 heterocycles. The lowest BCUT2D eigenvalue weighted by molar-refractivity contribution is -0.139. The van der Waals surface area contributed by atoms with Gasteiger partial charge in [-0.1, -0.05) is 6.07 Å². The quantitative estimate of drug-likeness (QED) is 0.790. The number of hydrogen-bond donors (Lipinski definition) is 2. The van der Waals surface area contributed by atoms with Crippen LogP contribution in [0.1, 0.15) is 23.7 Å². The van der Waals surface area contributed by atoms with Crippen molar-refractivity contribution in [2.75, 3.05) is 7.11 Å². The molecule has 15 heavy (non-hydrogen) atoms. The molecule has 0 saturated carbocycles. The summed E-state index contributed by atoms with van der Waals surface area (Å²) in [7, 11) is 1.57. The van der Waals surface area contributed by atoms with Gasteiger partial charge in [-0.2, -0.15) is 0 Å². The average Bonchev–Trinajstić information content (AvgIpc) is 2.16. The Kier molecular flexibility index (Phi) is 3.68. The van der Waals surface area contributed by atoms with Crippen LogP contribution in [0.15, 0.2) is 18.2 Å². The van der Waals surface area contributed by atoms with E-state index in [1.807, 2.05) is 6.92 Å². The van der Waals surface area contributed by atoms with E-state index in [1.54, 1.807) is 25.3 Å². The highest BCUT2D eigenvalue weighted by Crippen LogP contribution is 2.23. The van der Waals surface area contributed by atoms with Crippen LogP contribution in [0.5, 0.6) is 5.75 Å². The fourth-order valence-corrected chi connectivity index (χ4v) is 1.39. The van der Waals surface area contributed by atoms with Crippen LogP contribution in [0.25, 0.3) is 0 Å². The smallest absolute Gasteiger partial charge is 0.306 e. The number of carboxylic acids is 1. The first-order valence-corrected chi connectivity index (χ1v) is 4.59. The average molecular weight is 210 g/mol. The highest BCUT2D eigenvalue weighted by molar-refractivity contribution is 5.67. The Hall–Kier alpha value is -1.55. The van der Waals surface area contributed by atoms with Crippen molar-refractivity contribution in [3.63, 3.8) is 0 Å².